The lowest BCUT2D eigenvalue weighted by atomic mass is 9.97. The molecule has 0 saturated carbocycles. The molecule has 0 aromatic rings. The van der Waals surface area contributed by atoms with Gasteiger partial charge in [-0.1, -0.05) is 26.7 Å². The first-order valence-corrected chi connectivity index (χ1v) is 6.65. The first-order chi connectivity index (χ1) is 7.61. The van der Waals surface area contributed by atoms with Crippen LogP contribution >= 0.6 is 0 Å². The monoisotopic (exact) mass is 228 g/mol. The molecule has 0 rings (SSSR count). The van der Waals surface area contributed by atoms with Crippen LogP contribution in [0.2, 0.25) is 0 Å². The summed E-state index contributed by atoms with van der Waals surface area (Å²) in [5.41, 5.74) is 5.65. The van der Waals surface area contributed by atoms with E-state index in [-0.39, 0.29) is 17.9 Å². The van der Waals surface area contributed by atoms with Crippen LogP contribution in [0.3, 0.4) is 0 Å². The Balaban J connectivity index is 3.73. The van der Waals surface area contributed by atoms with Crippen LogP contribution in [0.25, 0.3) is 0 Å². The molecule has 0 saturated heterocycles. The predicted octanol–water partition coefficient (Wildman–Crippen LogP) is 2.45. The van der Waals surface area contributed by atoms with Crippen molar-refractivity contribution in [2.24, 2.45) is 11.7 Å². The van der Waals surface area contributed by atoms with Crippen molar-refractivity contribution in [2.75, 3.05) is 6.54 Å². The lowest BCUT2D eigenvalue weighted by Crippen LogP contribution is -2.32. The number of hydrogen-bond donors (Lipinski definition) is 2. The van der Waals surface area contributed by atoms with E-state index in [1.807, 2.05) is 6.92 Å². The topological polar surface area (TPSA) is 55.1 Å². The molecule has 0 aliphatic carbocycles. The van der Waals surface area contributed by atoms with E-state index >= 15 is 0 Å². The molecule has 0 heterocycles. The molecule has 0 aliphatic rings. The van der Waals surface area contributed by atoms with E-state index in [2.05, 4.69) is 19.2 Å². The first-order valence-electron chi connectivity index (χ1n) is 6.65. The van der Waals surface area contributed by atoms with Gasteiger partial charge in [-0.05, 0) is 32.6 Å². The van der Waals surface area contributed by atoms with Crippen molar-refractivity contribution in [1.29, 1.82) is 0 Å². The van der Waals surface area contributed by atoms with E-state index in [0.717, 1.165) is 45.1 Å². The minimum Gasteiger partial charge on any atom is -0.356 e. The van der Waals surface area contributed by atoms with Gasteiger partial charge in [0.25, 0.3) is 0 Å². The van der Waals surface area contributed by atoms with Crippen molar-refractivity contribution in [3.63, 3.8) is 0 Å². The summed E-state index contributed by atoms with van der Waals surface area (Å²) in [5, 5.41) is 3.01. The number of nitrogens with one attached hydrogen (secondary N) is 1. The lowest BCUT2D eigenvalue weighted by Gasteiger charge is -2.15. The van der Waals surface area contributed by atoms with Gasteiger partial charge < -0.3 is 11.1 Å². The number of carbonyl (C=O) groups is 1. The highest BCUT2D eigenvalue weighted by atomic mass is 16.1. The quantitative estimate of drug-likeness (QED) is 0.596. The molecule has 16 heavy (non-hydrogen) atoms. The van der Waals surface area contributed by atoms with Gasteiger partial charge in [0.05, 0.1) is 0 Å². The average Bonchev–Trinajstić information content (AvgIpc) is 2.23. The van der Waals surface area contributed by atoms with E-state index in [1.165, 1.54) is 0 Å². The molecule has 0 spiro atoms. The highest BCUT2D eigenvalue weighted by molar-refractivity contribution is 5.78. The average molecular weight is 228 g/mol. The van der Waals surface area contributed by atoms with E-state index in [0.29, 0.717) is 0 Å². The van der Waals surface area contributed by atoms with Crippen LogP contribution < -0.4 is 11.1 Å². The molecule has 0 aromatic heterocycles. The van der Waals surface area contributed by atoms with Gasteiger partial charge in [0, 0.05) is 18.5 Å². The highest BCUT2D eigenvalue weighted by Crippen LogP contribution is 2.13. The molecule has 0 aromatic carbocycles. The summed E-state index contributed by atoms with van der Waals surface area (Å²) in [5.74, 6) is 0.443. The molecule has 0 aliphatic heterocycles. The van der Waals surface area contributed by atoms with E-state index in [9.17, 15) is 4.79 Å². The summed E-state index contributed by atoms with van der Waals surface area (Å²) in [6.45, 7) is 7.03. The molecule has 0 radical (unpaired) electrons. The van der Waals surface area contributed by atoms with Gasteiger partial charge in [-0.2, -0.15) is 0 Å². The Bertz CT molecular complexity index is 175. The van der Waals surface area contributed by atoms with Crippen LogP contribution in [0.4, 0.5) is 0 Å². The number of rotatable bonds is 9. The van der Waals surface area contributed by atoms with Crippen LogP contribution in [0.1, 0.15) is 59.3 Å². The van der Waals surface area contributed by atoms with Gasteiger partial charge >= 0.3 is 0 Å². The summed E-state index contributed by atoms with van der Waals surface area (Å²) in [6.07, 6.45) is 6.14. The fraction of sp³-hybridized carbons (Fsp3) is 0.923. The zero-order chi connectivity index (χ0) is 12.4. The van der Waals surface area contributed by atoms with Crippen molar-refractivity contribution >= 4 is 5.91 Å². The van der Waals surface area contributed by atoms with E-state index < -0.39 is 0 Å². The molecular weight excluding hydrogens is 200 g/mol. The maximum Gasteiger partial charge on any atom is 0.223 e. The third-order valence-electron chi connectivity index (χ3n) is 2.78. The number of hydrogen-bond acceptors (Lipinski definition) is 2. The molecule has 96 valence electrons. The highest BCUT2D eigenvalue weighted by Gasteiger charge is 2.15. The molecular formula is C13H28N2O. The molecule has 0 bridgehead atoms. The van der Waals surface area contributed by atoms with Crippen molar-refractivity contribution < 1.29 is 4.79 Å². The van der Waals surface area contributed by atoms with E-state index in [1.54, 1.807) is 0 Å². The van der Waals surface area contributed by atoms with Gasteiger partial charge in [0.2, 0.25) is 5.91 Å². The number of nitrogens with two attached hydrogens (primary N) is 1. The van der Waals surface area contributed by atoms with Crippen molar-refractivity contribution in [2.45, 2.75) is 65.3 Å². The maximum absolute atomic E-state index is 11.8. The van der Waals surface area contributed by atoms with E-state index in [4.69, 9.17) is 5.73 Å². The standard InChI is InChI=1S/C13H28N2O/c1-4-7-12(8-5-2)13(16)15-10-6-9-11(3)14/h11-12H,4-10,14H2,1-3H3,(H,15,16). The Kier molecular flexibility index (Phi) is 9.30. The molecule has 1 amide bonds. The van der Waals surface area contributed by atoms with Crippen molar-refractivity contribution in [3.05, 3.63) is 0 Å². The molecule has 1 atom stereocenters. The van der Waals surface area contributed by atoms with Gasteiger partial charge in [-0.15, -0.1) is 0 Å². The van der Waals surface area contributed by atoms with Gasteiger partial charge in [-0.3, -0.25) is 4.79 Å². The fourth-order valence-electron chi connectivity index (χ4n) is 1.88. The van der Waals surface area contributed by atoms with Gasteiger partial charge in [0.1, 0.15) is 0 Å². The third-order valence-corrected chi connectivity index (χ3v) is 2.78. The Morgan fingerprint density at radius 2 is 1.75 bits per heavy atom. The summed E-state index contributed by atoms with van der Waals surface area (Å²) in [7, 11) is 0. The molecule has 3 heteroatoms. The SMILES string of the molecule is CCCC(CCC)C(=O)NCCCC(C)N. The smallest absolute Gasteiger partial charge is 0.223 e. The minimum atomic E-state index is 0.213. The first kappa shape index (κ1) is 15.4. The zero-order valence-corrected chi connectivity index (χ0v) is 11.1. The summed E-state index contributed by atoms with van der Waals surface area (Å²) in [4.78, 5) is 11.8. The predicted molar refractivity (Wildman–Crippen MR) is 69.2 cm³/mol. The minimum absolute atomic E-state index is 0.213. The second-order valence-corrected chi connectivity index (χ2v) is 4.68. The maximum atomic E-state index is 11.8. The van der Waals surface area contributed by atoms with Crippen LogP contribution in [0.15, 0.2) is 0 Å². The summed E-state index contributed by atoms with van der Waals surface area (Å²) in [6, 6.07) is 0.235. The number of carbonyl (C=O) groups excluding carboxylic acids is 1. The largest absolute Gasteiger partial charge is 0.356 e. The Labute approximate surface area is 100 Å². The van der Waals surface area contributed by atoms with Crippen LogP contribution in [-0.4, -0.2) is 18.5 Å². The zero-order valence-electron chi connectivity index (χ0n) is 11.1. The normalized spacial score (nSPS) is 12.8. The molecule has 0 fully saturated rings. The number of amides is 1. The van der Waals surface area contributed by atoms with Crippen molar-refractivity contribution in [3.8, 4) is 0 Å². The molecule has 3 N–H and O–H groups in total. The van der Waals surface area contributed by atoms with Gasteiger partial charge in [0.15, 0.2) is 0 Å². The fourth-order valence-corrected chi connectivity index (χ4v) is 1.88. The summed E-state index contributed by atoms with van der Waals surface area (Å²) < 4.78 is 0. The van der Waals surface area contributed by atoms with Crippen LogP contribution in [-0.2, 0) is 4.79 Å². The Morgan fingerprint density at radius 3 is 2.19 bits per heavy atom. The summed E-state index contributed by atoms with van der Waals surface area (Å²) >= 11 is 0. The van der Waals surface area contributed by atoms with Crippen LogP contribution in [0.5, 0.6) is 0 Å². The second kappa shape index (κ2) is 9.64. The molecule has 1 unspecified atom stereocenters. The Hall–Kier alpha value is -0.570. The lowest BCUT2D eigenvalue weighted by molar-refractivity contribution is -0.125. The van der Waals surface area contributed by atoms with Gasteiger partial charge in [-0.25, -0.2) is 0 Å². The van der Waals surface area contributed by atoms with Crippen LogP contribution in [0, 0.1) is 5.92 Å². The second-order valence-electron chi connectivity index (χ2n) is 4.68. The third kappa shape index (κ3) is 7.69. The molecule has 3 nitrogen and oxygen atoms in total. The van der Waals surface area contributed by atoms with Crippen molar-refractivity contribution in [1.82, 2.24) is 5.32 Å². The Morgan fingerprint density at radius 1 is 1.19 bits per heavy atom.